The number of nitrogen functional groups attached to an aromatic ring is 2. The molecule has 1 aliphatic heterocycles. The smallest absolute Gasteiger partial charge is 0.246 e. The van der Waals surface area contributed by atoms with E-state index in [9.17, 15) is 0 Å². The minimum Gasteiger partial charge on any atom is -0.493 e. The molecule has 3 heterocycles. The van der Waals surface area contributed by atoms with Crippen LogP contribution >= 0.6 is 0 Å². The Hall–Kier alpha value is -3.50. The van der Waals surface area contributed by atoms with Crippen molar-refractivity contribution in [3.8, 4) is 11.5 Å². The van der Waals surface area contributed by atoms with Crippen molar-refractivity contribution < 1.29 is 9.47 Å². The number of hydrogen-bond acceptors (Lipinski definition) is 10. The fourth-order valence-electron chi connectivity index (χ4n) is 3.23. The molecule has 1 aromatic carbocycles. The van der Waals surface area contributed by atoms with Crippen molar-refractivity contribution in [2.24, 2.45) is 7.05 Å². The Morgan fingerprint density at radius 1 is 0.857 bits per heavy atom. The van der Waals surface area contributed by atoms with E-state index in [1.54, 1.807) is 32.0 Å². The van der Waals surface area contributed by atoms with E-state index in [-0.39, 0.29) is 0 Å². The number of fused-ring (bicyclic) bond motifs is 1. The average Bonchev–Trinajstić information content (AvgIpc) is 3.05. The van der Waals surface area contributed by atoms with Gasteiger partial charge in [-0.2, -0.15) is 9.97 Å². The van der Waals surface area contributed by atoms with E-state index in [0.717, 1.165) is 31.6 Å². The summed E-state index contributed by atoms with van der Waals surface area (Å²) in [6.45, 7) is 2.90. The fraction of sp³-hybridized carbons (Fsp3) is 0.412. The number of aryl methyl sites for hydroxylation is 1. The second kappa shape index (κ2) is 6.91. The molecule has 1 aliphatic rings. The summed E-state index contributed by atoms with van der Waals surface area (Å²) in [4.78, 5) is 17.6. The molecule has 11 nitrogen and oxygen atoms in total. The summed E-state index contributed by atoms with van der Waals surface area (Å²) in [5, 5.41) is 5.06. The normalized spacial score (nSPS) is 14.5. The Morgan fingerprint density at radius 2 is 1.46 bits per heavy atom. The standard InChI is InChI=1S/C17H23N9O2/c1-24-15(19)22-17(23-24)26-6-4-25(5-7-26)16-20-11-9-13(28-3)12(27-2)8-10(11)14(18)21-16/h8-9H,4-7H2,1-3H3,(H2,18,20,21)(H2,19,22,23). The monoisotopic (exact) mass is 385 g/mol. The van der Waals surface area contributed by atoms with Crippen LogP contribution in [-0.2, 0) is 7.05 Å². The van der Waals surface area contributed by atoms with Gasteiger partial charge in [-0.1, -0.05) is 0 Å². The van der Waals surface area contributed by atoms with Gasteiger partial charge in [-0.25, -0.2) is 9.67 Å². The van der Waals surface area contributed by atoms with Gasteiger partial charge in [-0.05, 0) is 6.07 Å². The van der Waals surface area contributed by atoms with Crippen molar-refractivity contribution in [3.05, 3.63) is 12.1 Å². The molecule has 0 unspecified atom stereocenters. The summed E-state index contributed by atoms with van der Waals surface area (Å²) >= 11 is 0. The quantitative estimate of drug-likeness (QED) is 0.644. The van der Waals surface area contributed by atoms with Crippen LogP contribution in [0.5, 0.6) is 11.5 Å². The van der Waals surface area contributed by atoms with Crippen molar-refractivity contribution in [2.45, 2.75) is 0 Å². The Labute approximate surface area is 161 Å². The molecule has 4 N–H and O–H groups in total. The summed E-state index contributed by atoms with van der Waals surface area (Å²) in [6, 6.07) is 3.61. The Balaban J connectivity index is 1.58. The molecule has 0 amide bonds. The zero-order chi connectivity index (χ0) is 19.8. The number of benzene rings is 1. The third-order valence-corrected chi connectivity index (χ3v) is 4.85. The summed E-state index contributed by atoms with van der Waals surface area (Å²) in [7, 11) is 4.95. The van der Waals surface area contributed by atoms with Crippen molar-refractivity contribution >= 4 is 34.6 Å². The van der Waals surface area contributed by atoms with Crippen molar-refractivity contribution in [2.75, 3.05) is 61.7 Å². The molecular formula is C17H23N9O2. The van der Waals surface area contributed by atoms with E-state index in [2.05, 4.69) is 29.9 Å². The van der Waals surface area contributed by atoms with Gasteiger partial charge in [0.2, 0.25) is 17.8 Å². The second-order valence-corrected chi connectivity index (χ2v) is 6.50. The summed E-state index contributed by atoms with van der Waals surface area (Å²) in [5.41, 5.74) is 12.7. The third-order valence-electron chi connectivity index (χ3n) is 4.85. The van der Waals surface area contributed by atoms with Gasteiger partial charge in [-0.3, -0.25) is 0 Å². The number of aromatic nitrogens is 5. The Kier molecular flexibility index (Phi) is 4.41. The van der Waals surface area contributed by atoms with Crippen LogP contribution in [0.1, 0.15) is 0 Å². The topological polar surface area (TPSA) is 133 Å². The van der Waals surface area contributed by atoms with Gasteiger partial charge in [0.1, 0.15) is 5.82 Å². The lowest BCUT2D eigenvalue weighted by Crippen LogP contribution is -2.47. The lowest BCUT2D eigenvalue weighted by molar-refractivity contribution is 0.356. The molecule has 0 spiro atoms. The Bertz CT molecular complexity index is 992. The highest BCUT2D eigenvalue weighted by Crippen LogP contribution is 2.34. The number of nitrogens with two attached hydrogens (primary N) is 2. The zero-order valence-corrected chi connectivity index (χ0v) is 16.1. The number of methoxy groups -OCH3 is 2. The number of piperazine rings is 1. The molecule has 0 saturated carbocycles. The van der Waals surface area contributed by atoms with Crippen molar-refractivity contribution in [3.63, 3.8) is 0 Å². The molecular weight excluding hydrogens is 362 g/mol. The number of hydrogen-bond donors (Lipinski definition) is 2. The van der Waals surface area contributed by atoms with E-state index in [1.807, 2.05) is 6.07 Å². The lowest BCUT2D eigenvalue weighted by atomic mass is 10.2. The summed E-state index contributed by atoms with van der Waals surface area (Å²) < 4.78 is 12.3. The number of rotatable bonds is 4. The summed E-state index contributed by atoms with van der Waals surface area (Å²) in [5.74, 6) is 3.22. The van der Waals surface area contributed by atoms with Gasteiger partial charge in [0.05, 0.1) is 19.7 Å². The van der Waals surface area contributed by atoms with Gasteiger partial charge in [0, 0.05) is 44.7 Å². The van der Waals surface area contributed by atoms with Crippen LogP contribution in [0.15, 0.2) is 12.1 Å². The minimum atomic E-state index is 0.396. The van der Waals surface area contributed by atoms with Crippen LogP contribution in [0.3, 0.4) is 0 Å². The zero-order valence-electron chi connectivity index (χ0n) is 16.1. The number of anilines is 4. The second-order valence-electron chi connectivity index (χ2n) is 6.50. The van der Waals surface area contributed by atoms with Crippen molar-refractivity contribution in [1.82, 2.24) is 24.7 Å². The molecule has 4 rings (SSSR count). The molecule has 1 fully saturated rings. The predicted molar refractivity (Wildman–Crippen MR) is 107 cm³/mol. The molecule has 148 valence electrons. The van der Waals surface area contributed by atoms with Crippen molar-refractivity contribution in [1.29, 1.82) is 0 Å². The van der Waals surface area contributed by atoms with Crippen LogP contribution in [0.2, 0.25) is 0 Å². The van der Waals surface area contributed by atoms with E-state index in [4.69, 9.17) is 20.9 Å². The molecule has 2 aromatic heterocycles. The van der Waals surface area contributed by atoms with Crippen LogP contribution in [0.25, 0.3) is 10.9 Å². The first-order valence-electron chi connectivity index (χ1n) is 8.85. The highest BCUT2D eigenvalue weighted by Gasteiger charge is 2.23. The molecule has 1 saturated heterocycles. The molecule has 0 atom stereocenters. The number of nitrogens with zero attached hydrogens (tertiary/aromatic N) is 7. The largest absolute Gasteiger partial charge is 0.493 e. The lowest BCUT2D eigenvalue weighted by Gasteiger charge is -2.34. The van der Waals surface area contributed by atoms with E-state index in [1.165, 1.54) is 0 Å². The van der Waals surface area contributed by atoms with Gasteiger partial charge in [0.15, 0.2) is 11.5 Å². The highest BCUT2D eigenvalue weighted by molar-refractivity contribution is 5.91. The van der Waals surface area contributed by atoms with Crippen LogP contribution in [-0.4, -0.2) is 65.1 Å². The molecule has 0 aliphatic carbocycles. The van der Waals surface area contributed by atoms with E-state index < -0.39 is 0 Å². The predicted octanol–water partition coefficient (Wildman–Crippen LogP) is 0.267. The van der Waals surface area contributed by atoms with E-state index >= 15 is 0 Å². The molecule has 3 aromatic rings. The SMILES string of the molecule is COc1cc2nc(N3CCN(c4nc(N)n(C)n4)CC3)nc(N)c2cc1OC. The maximum atomic E-state index is 6.20. The molecule has 0 radical (unpaired) electrons. The van der Waals surface area contributed by atoms with Gasteiger partial charge in [0.25, 0.3) is 0 Å². The number of ether oxygens (including phenoxy) is 2. The third kappa shape index (κ3) is 3.04. The van der Waals surface area contributed by atoms with E-state index in [0.29, 0.717) is 40.7 Å². The first kappa shape index (κ1) is 17.9. The molecule has 11 heteroatoms. The van der Waals surface area contributed by atoms with Gasteiger partial charge in [-0.15, -0.1) is 5.10 Å². The van der Waals surface area contributed by atoms with Crippen LogP contribution < -0.4 is 30.7 Å². The fourth-order valence-corrected chi connectivity index (χ4v) is 3.23. The Morgan fingerprint density at radius 3 is 2.04 bits per heavy atom. The highest BCUT2D eigenvalue weighted by atomic mass is 16.5. The van der Waals surface area contributed by atoms with Crippen LogP contribution in [0, 0.1) is 0 Å². The van der Waals surface area contributed by atoms with Crippen LogP contribution in [0.4, 0.5) is 23.7 Å². The molecule has 28 heavy (non-hydrogen) atoms. The van der Waals surface area contributed by atoms with Gasteiger partial charge < -0.3 is 30.7 Å². The summed E-state index contributed by atoms with van der Waals surface area (Å²) in [6.07, 6.45) is 0. The maximum absolute atomic E-state index is 6.20. The first-order chi connectivity index (χ1) is 13.5. The minimum absolute atomic E-state index is 0.396. The first-order valence-corrected chi connectivity index (χ1v) is 8.85. The maximum Gasteiger partial charge on any atom is 0.246 e. The average molecular weight is 385 g/mol. The van der Waals surface area contributed by atoms with Gasteiger partial charge >= 0.3 is 0 Å². The molecule has 0 bridgehead atoms.